The fourth-order valence-electron chi connectivity index (χ4n) is 7.12. The van der Waals surface area contributed by atoms with Crippen LogP contribution in [-0.2, 0) is 0 Å². The first-order valence-corrected chi connectivity index (χ1v) is 13.8. The van der Waals surface area contributed by atoms with Gasteiger partial charge < -0.3 is 9.88 Å². The average molecular weight is 509 g/mol. The molecule has 3 nitrogen and oxygen atoms in total. The van der Waals surface area contributed by atoms with Crippen LogP contribution in [0.3, 0.4) is 0 Å². The minimum atomic E-state index is 0.133. The first-order chi connectivity index (χ1) is 19.8. The molecule has 7 aromatic rings. The van der Waals surface area contributed by atoms with Gasteiger partial charge in [-0.1, -0.05) is 84.9 Å². The van der Waals surface area contributed by atoms with Crippen LogP contribution in [0.2, 0.25) is 0 Å². The number of benzene rings is 5. The molecule has 0 aliphatic carbocycles. The summed E-state index contributed by atoms with van der Waals surface area (Å²) in [6.45, 7) is 2.33. The highest BCUT2D eigenvalue weighted by molar-refractivity contribution is 7.00. The lowest BCUT2D eigenvalue weighted by Gasteiger charge is -2.35. The van der Waals surface area contributed by atoms with Crippen LogP contribution in [0.25, 0.3) is 49.7 Å². The monoisotopic (exact) mass is 509 g/mol. The van der Waals surface area contributed by atoms with Crippen molar-refractivity contribution in [3.05, 3.63) is 127 Å². The average Bonchev–Trinajstić information content (AvgIpc) is 3.35. The van der Waals surface area contributed by atoms with Crippen molar-refractivity contribution >= 4 is 56.3 Å². The van der Waals surface area contributed by atoms with E-state index in [0.29, 0.717) is 0 Å². The minimum absolute atomic E-state index is 0.133. The summed E-state index contributed by atoms with van der Waals surface area (Å²) < 4.78 is 2.49. The molecule has 0 radical (unpaired) electrons. The number of hydrogen-bond acceptors (Lipinski definition) is 2. The maximum Gasteiger partial charge on any atom is 0.252 e. The molecule has 4 heteroatoms. The van der Waals surface area contributed by atoms with E-state index in [1.54, 1.807) is 0 Å². The standard InChI is InChI=1S/C36H24BN3/c1-22-9-2-3-11-25(22)27-13-6-15-29-35(27)39-31-19-24(23-10-8-18-38-21-23)20-33-34(31)37(29)30-16-7-14-28-26-12-4-5-17-32(26)40(33)36(28)30/h2-21,39H,1H3. The van der Waals surface area contributed by atoms with Crippen molar-refractivity contribution in [2.24, 2.45) is 0 Å². The molecular weight excluding hydrogens is 485 g/mol. The number of fused-ring (bicyclic) bond motifs is 7. The Bertz CT molecular complexity index is 2160. The second-order valence-electron chi connectivity index (χ2n) is 10.9. The number of aryl methyl sites for hydroxylation is 1. The summed E-state index contributed by atoms with van der Waals surface area (Å²) in [5.74, 6) is 0. The number of pyridine rings is 1. The molecule has 0 bridgehead atoms. The molecule has 5 aromatic carbocycles. The SMILES string of the molecule is Cc1ccccc1-c1cccc2c1Nc1cc(-c3cccnc3)cc3c1B2c1cccc2c4ccccc4n-3c12. The second-order valence-corrected chi connectivity index (χ2v) is 10.9. The summed E-state index contributed by atoms with van der Waals surface area (Å²) in [7, 11) is 0. The van der Waals surface area contributed by atoms with Crippen LogP contribution in [0.1, 0.15) is 5.56 Å². The van der Waals surface area contributed by atoms with Crippen LogP contribution in [0, 0.1) is 6.92 Å². The molecule has 1 N–H and O–H groups in total. The third kappa shape index (κ3) is 2.83. The lowest BCUT2D eigenvalue weighted by atomic mass is 9.34. The molecule has 2 aliphatic rings. The fourth-order valence-corrected chi connectivity index (χ4v) is 7.12. The molecule has 2 aliphatic heterocycles. The van der Waals surface area contributed by atoms with Crippen LogP contribution in [0.5, 0.6) is 0 Å². The van der Waals surface area contributed by atoms with E-state index in [1.807, 2.05) is 18.5 Å². The first kappa shape index (κ1) is 21.8. The van der Waals surface area contributed by atoms with E-state index in [0.717, 1.165) is 16.8 Å². The molecule has 2 aromatic heterocycles. The summed E-state index contributed by atoms with van der Waals surface area (Å²) >= 11 is 0. The molecule has 0 spiro atoms. The Morgan fingerprint density at radius 2 is 1.50 bits per heavy atom. The van der Waals surface area contributed by atoms with Gasteiger partial charge in [0.25, 0.3) is 6.71 Å². The Hall–Kier alpha value is -5.09. The molecule has 4 heterocycles. The molecule has 0 amide bonds. The van der Waals surface area contributed by atoms with Gasteiger partial charge >= 0.3 is 0 Å². The zero-order valence-corrected chi connectivity index (χ0v) is 22.0. The van der Waals surface area contributed by atoms with Gasteiger partial charge in [-0.3, -0.25) is 4.98 Å². The van der Waals surface area contributed by atoms with Gasteiger partial charge in [0.05, 0.1) is 5.52 Å². The number of nitrogens with one attached hydrogen (secondary N) is 1. The highest BCUT2D eigenvalue weighted by Gasteiger charge is 2.40. The van der Waals surface area contributed by atoms with E-state index in [1.165, 1.54) is 66.3 Å². The zero-order chi connectivity index (χ0) is 26.4. The highest BCUT2D eigenvalue weighted by Crippen LogP contribution is 2.40. The Kier molecular flexibility index (Phi) is 4.34. The topological polar surface area (TPSA) is 29.9 Å². The molecule has 0 saturated heterocycles. The number of anilines is 2. The molecule has 40 heavy (non-hydrogen) atoms. The van der Waals surface area contributed by atoms with E-state index in [9.17, 15) is 0 Å². The first-order valence-electron chi connectivity index (χ1n) is 13.8. The molecule has 0 atom stereocenters. The maximum absolute atomic E-state index is 4.44. The summed E-state index contributed by atoms with van der Waals surface area (Å²) in [5, 5.41) is 6.55. The van der Waals surface area contributed by atoms with Gasteiger partial charge in [0.1, 0.15) is 0 Å². The number of rotatable bonds is 2. The van der Waals surface area contributed by atoms with Crippen molar-refractivity contribution in [3.63, 3.8) is 0 Å². The molecule has 0 saturated carbocycles. The number of aromatic nitrogens is 2. The van der Waals surface area contributed by atoms with Crippen LogP contribution >= 0.6 is 0 Å². The van der Waals surface area contributed by atoms with Crippen LogP contribution in [0.4, 0.5) is 11.4 Å². The van der Waals surface area contributed by atoms with Crippen molar-refractivity contribution in [2.75, 3.05) is 5.32 Å². The maximum atomic E-state index is 4.44. The summed E-state index contributed by atoms with van der Waals surface area (Å²) in [6, 6.07) is 40.0. The third-order valence-electron chi connectivity index (χ3n) is 8.82. The van der Waals surface area contributed by atoms with Gasteiger partial charge in [0, 0.05) is 56.9 Å². The quantitative estimate of drug-likeness (QED) is 0.263. The smallest absolute Gasteiger partial charge is 0.252 e. The van der Waals surface area contributed by atoms with Crippen LogP contribution < -0.4 is 21.7 Å². The minimum Gasteiger partial charge on any atom is -0.356 e. The van der Waals surface area contributed by atoms with Crippen molar-refractivity contribution in [2.45, 2.75) is 6.92 Å². The number of hydrogen-bond donors (Lipinski definition) is 1. The Labute approximate surface area is 232 Å². The van der Waals surface area contributed by atoms with Crippen molar-refractivity contribution in [1.29, 1.82) is 0 Å². The van der Waals surface area contributed by atoms with Gasteiger partial charge in [-0.15, -0.1) is 0 Å². The number of nitrogens with zero attached hydrogens (tertiary/aromatic N) is 2. The Balaban J connectivity index is 1.44. The molecule has 9 rings (SSSR count). The van der Waals surface area contributed by atoms with E-state index >= 15 is 0 Å². The van der Waals surface area contributed by atoms with E-state index in [-0.39, 0.29) is 6.71 Å². The van der Waals surface area contributed by atoms with Crippen molar-refractivity contribution < 1.29 is 0 Å². The Morgan fingerprint density at radius 3 is 2.40 bits per heavy atom. The highest BCUT2D eigenvalue weighted by atomic mass is 15.0. The predicted octanol–water partition coefficient (Wildman–Crippen LogP) is 6.71. The lowest BCUT2D eigenvalue weighted by molar-refractivity contribution is 1.19. The Morgan fingerprint density at radius 1 is 0.700 bits per heavy atom. The van der Waals surface area contributed by atoms with Gasteiger partial charge in [0.15, 0.2) is 0 Å². The van der Waals surface area contributed by atoms with Crippen molar-refractivity contribution in [1.82, 2.24) is 9.55 Å². The largest absolute Gasteiger partial charge is 0.356 e. The van der Waals surface area contributed by atoms with Crippen LogP contribution in [-0.4, -0.2) is 16.3 Å². The molecule has 0 fully saturated rings. The van der Waals surface area contributed by atoms with E-state index < -0.39 is 0 Å². The fraction of sp³-hybridized carbons (Fsp3) is 0.0278. The molecule has 0 unspecified atom stereocenters. The van der Waals surface area contributed by atoms with Gasteiger partial charge in [-0.2, -0.15) is 0 Å². The molecule has 186 valence electrons. The predicted molar refractivity (Wildman–Crippen MR) is 169 cm³/mol. The van der Waals surface area contributed by atoms with E-state index in [4.69, 9.17) is 0 Å². The summed E-state index contributed by atoms with van der Waals surface area (Å²) in [4.78, 5) is 4.44. The second kappa shape index (κ2) is 7.97. The van der Waals surface area contributed by atoms with Crippen LogP contribution in [0.15, 0.2) is 122 Å². The zero-order valence-electron chi connectivity index (χ0n) is 22.0. The third-order valence-corrected chi connectivity index (χ3v) is 8.82. The van der Waals surface area contributed by atoms with E-state index in [2.05, 4.69) is 125 Å². The van der Waals surface area contributed by atoms with Gasteiger partial charge in [0.2, 0.25) is 0 Å². The lowest BCUT2D eigenvalue weighted by Crippen LogP contribution is -2.59. The number of para-hydroxylation sites is 3. The van der Waals surface area contributed by atoms with Gasteiger partial charge in [-0.25, -0.2) is 0 Å². The molecular formula is C36H24BN3. The normalized spacial score (nSPS) is 12.8. The van der Waals surface area contributed by atoms with Gasteiger partial charge in [-0.05, 0) is 64.3 Å². The summed E-state index contributed by atoms with van der Waals surface area (Å²) in [5.41, 5.74) is 16.2. The summed E-state index contributed by atoms with van der Waals surface area (Å²) in [6.07, 6.45) is 3.80. The van der Waals surface area contributed by atoms with Crippen molar-refractivity contribution in [3.8, 4) is 27.9 Å².